The highest BCUT2D eigenvalue weighted by atomic mass is 19.1. The van der Waals surface area contributed by atoms with Crippen molar-refractivity contribution in [3.05, 3.63) is 35.1 Å². The number of aliphatic hydroxyl groups excluding tert-OH is 2. The van der Waals surface area contributed by atoms with Crippen molar-refractivity contribution >= 4 is 0 Å². The fourth-order valence-corrected chi connectivity index (χ4v) is 2.65. The molecule has 0 aliphatic rings. The van der Waals surface area contributed by atoms with Crippen LogP contribution in [0.15, 0.2) is 18.2 Å². The molecule has 3 nitrogen and oxygen atoms in total. The monoisotopic (exact) mass is 325 g/mol. The van der Waals surface area contributed by atoms with E-state index in [2.05, 4.69) is 6.92 Å². The summed E-state index contributed by atoms with van der Waals surface area (Å²) >= 11 is 0. The van der Waals surface area contributed by atoms with Crippen LogP contribution in [-0.4, -0.2) is 29.0 Å². The fraction of sp³-hybridized carbons (Fsp3) is 0.684. The first kappa shape index (κ1) is 20.1. The molecule has 0 aromatic heterocycles. The molecule has 4 N–H and O–H groups in total. The number of nitrogens with two attached hydrogens (primary N) is 1. The van der Waals surface area contributed by atoms with Gasteiger partial charge in [0.05, 0.1) is 18.8 Å². The first-order chi connectivity index (χ1) is 11.0. The van der Waals surface area contributed by atoms with Crippen molar-refractivity contribution in [3.8, 4) is 0 Å². The second-order valence-corrected chi connectivity index (χ2v) is 6.62. The average molecular weight is 325 g/mol. The van der Waals surface area contributed by atoms with Gasteiger partial charge in [0.15, 0.2) is 0 Å². The van der Waals surface area contributed by atoms with E-state index >= 15 is 0 Å². The van der Waals surface area contributed by atoms with Crippen molar-refractivity contribution in [3.63, 3.8) is 0 Å². The maximum Gasteiger partial charge on any atom is 0.126 e. The van der Waals surface area contributed by atoms with Crippen LogP contribution in [0.3, 0.4) is 0 Å². The van der Waals surface area contributed by atoms with Crippen molar-refractivity contribution in [2.45, 2.75) is 70.3 Å². The van der Waals surface area contributed by atoms with Gasteiger partial charge in [-0.05, 0) is 42.9 Å². The van der Waals surface area contributed by atoms with E-state index in [4.69, 9.17) is 5.73 Å². The molecule has 1 aromatic carbocycles. The predicted octanol–water partition coefficient (Wildman–Crippen LogP) is 3.34. The van der Waals surface area contributed by atoms with Crippen LogP contribution in [-0.2, 0) is 12.8 Å². The van der Waals surface area contributed by atoms with Crippen LogP contribution in [0.5, 0.6) is 0 Å². The largest absolute Gasteiger partial charge is 0.394 e. The minimum atomic E-state index is -0.992. The molecule has 0 bridgehead atoms. The molecule has 0 saturated heterocycles. The molecule has 132 valence electrons. The number of unbranched alkanes of at least 4 members (excludes halogenated alkanes) is 5. The Balaban J connectivity index is 2.42. The number of aryl methyl sites for hydroxylation is 2. The van der Waals surface area contributed by atoms with Crippen LogP contribution in [0.1, 0.15) is 63.0 Å². The van der Waals surface area contributed by atoms with Gasteiger partial charge in [-0.15, -0.1) is 0 Å². The SMILES string of the molecule is CCCCCCCCc1ccc(CCC(N)(CO)CO)cc1F. The number of hydrogen-bond acceptors (Lipinski definition) is 3. The first-order valence-electron chi connectivity index (χ1n) is 8.82. The van der Waals surface area contributed by atoms with Gasteiger partial charge in [-0.2, -0.15) is 0 Å². The Morgan fingerprint density at radius 2 is 1.65 bits per heavy atom. The van der Waals surface area contributed by atoms with Crippen LogP contribution < -0.4 is 5.73 Å². The Labute approximate surface area is 139 Å². The summed E-state index contributed by atoms with van der Waals surface area (Å²) in [6.07, 6.45) is 8.97. The van der Waals surface area contributed by atoms with Crippen LogP contribution >= 0.6 is 0 Å². The van der Waals surface area contributed by atoms with Gasteiger partial charge < -0.3 is 15.9 Å². The van der Waals surface area contributed by atoms with Gasteiger partial charge in [-0.3, -0.25) is 0 Å². The molecule has 23 heavy (non-hydrogen) atoms. The van der Waals surface area contributed by atoms with Crippen LogP contribution in [0.4, 0.5) is 4.39 Å². The zero-order chi connectivity index (χ0) is 17.1. The molecule has 4 heteroatoms. The molecular weight excluding hydrogens is 293 g/mol. The number of halogens is 1. The Morgan fingerprint density at radius 1 is 1.00 bits per heavy atom. The number of benzene rings is 1. The molecule has 0 amide bonds. The van der Waals surface area contributed by atoms with E-state index in [0.717, 1.165) is 30.4 Å². The summed E-state index contributed by atoms with van der Waals surface area (Å²) < 4.78 is 14.1. The second-order valence-electron chi connectivity index (χ2n) is 6.62. The smallest absolute Gasteiger partial charge is 0.126 e. The second kappa shape index (κ2) is 10.7. The van der Waals surface area contributed by atoms with Gasteiger partial charge in [-0.1, -0.05) is 51.2 Å². The lowest BCUT2D eigenvalue weighted by Crippen LogP contribution is -2.47. The van der Waals surface area contributed by atoms with Crippen molar-refractivity contribution in [1.82, 2.24) is 0 Å². The average Bonchev–Trinajstić information content (AvgIpc) is 2.57. The summed E-state index contributed by atoms with van der Waals surface area (Å²) in [6, 6.07) is 5.33. The third-order valence-electron chi connectivity index (χ3n) is 4.46. The van der Waals surface area contributed by atoms with E-state index in [-0.39, 0.29) is 19.0 Å². The minimum Gasteiger partial charge on any atom is -0.394 e. The Bertz CT molecular complexity index is 447. The minimum absolute atomic E-state index is 0.160. The topological polar surface area (TPSA) is 66.5 Å². The molecule has 0 heterocycles. The molecule has 1 rings (SSSR count). The van der Waals surface area contributed by atoms with Crippen LogP contribution in [0, 0.1) is 5.82 Å². The van der Waals surface area contributed by atoms with E-state index in [9.17, 15) is 14.6 Å². The first-order valence-corrected chi connectivity index (χ1v) is 8.82. The van der Waals surface area contributed by atoms with Crippen molar-refractivity contribution in [1.29, 1.82) is 0 Å². The molecule has 0 unspecified atom stereocenters. The van der Waals surface area contributed by atoms with Crippen LogP contribution in [0.25, 0.3) is 0 Å². The maximum absolute atomic E-state index is 14.1. The van der Waals surface area contributed by atoms with E-state index in [1.165, 1.54) is 25.7 Å². The lowest BCUT2D eigenvalue weighted by molar-refractivity contribution is 0.115. The number of aliphatic hydroxyl groups is 2. The van der Waals surface area contributed by atoms with E-state index in [1.54, 1.807) is 6.07 Å². The quantitative estimate of drug-likeness (QED) is 0.516. The lowest BCUT2D eigenvalue weighted by Gasteiger charge is -2.24. The van der Waals surface area contributed by atoms with Crippen molar-refractivity contribution in [2.24, 2.45) is 5.73 Å². The Hall–Kier alpha value is -0.970. The highest BCUT2D eigenvalue weighted by Crippen LogP contribution is 2.17. The lowest BCUT2D eigenvalue weighted by atomic mass is 9.93. The zero-order valence-corrected chi connectivity index (χ0v) is 14.4. The summed E-state index contributed by atoms with van der Waals surface area (Å²) in [5, 5.41) is 18.4. The predicted molar refractivity (Wildman–Crippen MR) is 92.9 cm³/mol. The molecular formula is C19H32FNO2. The molecule has 0 fully saturated rings. The third kappa shape index (κ3) is 7.42. The summed E-state index contributed by atoms with van der Waals surface area (Å²) in [5.41, 5.74) is 6.47. The molecule has 0 aliphatic heterocycles. The zero-order valence-electron chi connectivity index (χ0n) is 14.4. The molecule has 0 saturated carbocycles. The molecule has 0 aliphatic carbocycles. The molecule has 1 aromatic rings. The van der Waals surface area contributed by atoms with E-state index < -0.39 is 5.54 Å². The number of hydrogen-bond donors (Lipinski definition) is 3. The normalized spacial score (nSPS) is 11.9. The molecule has 0 spiro atoms. The van der Waals surface area contributed by atoms with E-state index in [0.29, 0.717) is 12.8 Å². The Kier molecular flexibility index (Phi) is 9.37. The third-order valence-corrected chi connectivity index (χ3v) is 4.46. The molecule has 0 radical (unpaired) electrons. The Morgan fingerprint density at radius 3 is 2.26 bits per heavy atom. The van der Waals surface area contributed by atoms with Crippen molar-refractivity contribution < 1.29 is 14.6 Å². The maximum atomic E-state index is 14.1. The van der Waals surface area contributed by atoms with Gasteiger partial charge in [0, 0.05) is 0 Å². The van der Waals surface area contributed by atoms with Gasteiger partial charge in [-0.25, -0.2) is 4.39 Å². The summed E-state index contributed by atoms with van der Waals surface area (Å²) in [5.74, 6) is -0.160. The molecule has 0 atom stereocenters. The summed E-state index contributed by atoms with van der Waals surface area (Å²) in [7, 11) is 0. The van der Waals surface area contributed by atoms with Gasteiger partial charge in [0.25, 0.3) is 0 Å². The fourth-order valence-electron chi connectivity index (χ4n) is 2.65. The van der Waals surface area contributed by atoms with Gasteiger partial charge in [0.1, 0.15) is 5.82 Å². The van der Waals surface area contributed by atoms with Crippen molar-refractivity contribution in [2.75, 3.05) is 13.2 Å². The van der Waals surface area contributed by atoms with E-state index in [1.807, 2.05) is 12.1 Å². The highest BCUT2D eigenvalue weighted by Gasteiger charge is 2.22. The van der Waals surface area contributed by atoms with Crippen LogP contribution in [0.2, 0.25) is 0 Å². The standard InChI is InChI=1S/C19H32FNO2/c1-2-3-4-5-6-7-8-17-10-9-16(13-18(17)20)11-12-19(21,14-22)15-23/h9-10,13,22-23H,2-8,11-12,14-15,21H2,1H3. The highest BCUT2D eigenvalue weighted by molar-refractivity contribution is 5.25. The summed E-state index contributed by atoms with van der Waals surface area (Å²) in [6.45, 7) is 1.65. The summed E-state index contributed by atoms with van der Waals surface area (Å²) in [4.78, 5) is 0. The van der Waals surface area contributed by atoms with Gasteiger partial charge >= 0.3 is 0 Å². The number of rotatable bonds is 12. The van der Waals surface area contributed by atoms with Gasteiger partial charge in [0.2, 0.25) is 0 Å².